The first-order chi connectivity index (χ1) is 7.14. The molecule has 0 heterocycles. The van der Waals surface area contributed by atoms with Gasteiger partial charge in [-0.05, 0) is 5.56 Å². The third kappa shape index (κ3) is 5.23. The Morgan fingerprint density at radius 1 is 1.20 bits per heavy atom. The Bertz CT molecular complexity index is 371. The number of thioether (sulfide) groups is 1. The van der Waals surface area contributed by atoms with Crippen LogP contribution < -0.4 is 0 Å². The van der Waals surface area contributed by atoms with Crippen LogP contribution in [0.4, 0.5) is 0 Å². The summed E-state index contributed by atoms with van der Waals surface area (Å²) in [5, 5.41) is 0. The van der Waals surface area contributed by atoms with Gasteiger partial charge in [-0.25, -0.2) is 8.42 Å². The minimum atomic E-state index is -2.79. The molecular weight excluding hydrogens is 228 g/mol. The molecule has 0 aliphatic heterocycles. The van der Waals surface area contributed by atoms with Crippen LogP contribution in [0.15, 0.2) is 30.3 Å². The topological polar surface area (TPSA) is 34.1 Å². The van der Waals surface area contributed by atoms with E-state index in [2.05, 4.69) is 12.1 Å². The second-order valence-electron chi connectivity index (χ2n) is 3.27. The van der Waals surface area contributed by atoms with Crippen molar-refractivity contribution in [3.63, 3.8) is 0 Å². The predicted molar refractivity (Wildman–Crippen MR) is 66.9 cm³/mol. The fourth-order valence-corrected chi connectivity index (χ4v) is 3.44. The Hall–Kier alpha value is -0.480. The van der Waals surface area contributed by atoms with Crippen LogP contribution in [0.25, 0.3) is 0 Å². The minimum Gasteiger partial charge on any atom is -0.229 e. The minimum absolute atomic E-state index is 0.249. The van der Waals surface area contributed by atoms with Crippen molar-refractivity contribution in [3.8, 4) is 0 Å². The van der Waals surface area contributed by atoms with Crippen molar-refractivity contribution in [1.29, 1.82) is 0 Å². The van der Waals surface area contributed by atoms with E-state index in [4.69, 9.17) is 0 Å². The van der Waals surface area contributed by atoms with Crippen molar-refractivity contribution in [1.82, 2.24) is 0 Å². The second kappa shape index (κ2) is 6.18. The van der Waals surface area contributed by atoms with Crippen LogP contribution >= 0.6 is 11.8 Å². The van der Waals surface area contributed by atoms with E-state index in [1.807, 2.05) is 18.2 Å². The summed E-state index contributed by atoms with van der Waals surface area (Å²) in [6.45, 7) is 1.69. The van der Waals surface area contributed by atoms with Crippen LogP contribution in [0.2, 0.25) is 0 Å². The molecular formula is C11H16O2S2. The van der Waals surface area contributed by atoms with Gasteiger partial charge in [-0.3, -0.25) is 0 Å². The van der Waals surface area contributed by atoms with Gasteiger partial charge < -0.3 is 0 Å². The van der Waals surface area contributed by atoms with E-state index in [-0.39, 0.29) is 5.75 Å². The normalized spacial score (nSPS) is 11.5. The lowest BCUT2D eigenvalue weighted by Gasteiger charge is -2.02. The number of hydrogen-bond acceptors (Lipinski definition) is 3. The fourth-order valence-electron chi connectivity index (χ4n) is 1.09. The first-order valence-electron chi connectivity index (χ1n) is 4.96. The van der Waals surface area contributed by atoms with Crippen LogP contribution in [-0.4, -0.2) is 25.7 Å². The van der Waals surface area contributed by atoms with Gasteiger partial charge >= 0.3 is 0 Å². The molecule has 0 aliphatic carbocycles. The van der Waals surface area contributed by atoms with Crippen LogP contribution in [-0.2, 0) is 15.6 Å². The van der Waals surface area contributed by atoms with Gasteiger partial charge in [0.2, 0.25) is 0 Å². The lowest BCUT2D eigenvalue weighted by molar-refractivity contribution is 0.599. The van der Waals surface area contributed by atoms with E-state index >= 15 is 0 Å². The molecule has 0 unspecified atom stereocenters. The molecule has 1 aromatic rings. The average Bonchev–Trinajstić information content (AvgIpc) is 2.26. The zero-order valence-corrected chi connectivity index (χ0v) is 10.5. The van der Waals surface area contributed by atoms with Crippen molar-refractivity contribution in [2.45, 2.75) is 12.7 Å². The zero-order valence-electron chi connectivity index (χ0n) is 8.85. The predicted octanol–water partition coefficient (Wildman–Crippen LogP) is 2.35. The van der Waals surface area contributed by atoms with Crippen LogP contribution in [0.3, 0.4) is 0 Å². The summed E-state index contributed by atoms with van der Waals surface area (Å²) in [5.74, 6) is 2.12. The molecule has 0 atom stereocenters. The Morgan fingerprint density at radius 2 is 1.87 bits per heavy atom. The van der Waals surface area contributed by atoms with Crippen LogP contribution in [0.1, 0.15) is 12.5 Å². The van der Waals surface area contributed by atoms with Gasteiger partial charge in [0.1, 0.15) is 0 Å². The van der Waals surface area contributed by atoms with Crippen molar-refractivity contribution in [3.05, 3.63) is 35.9 Å². The molecule has 0 spiro atoms. The van der Waals surface area contributed by atoms with Gasteiger partial charge in [0.05, 0.1) is 5.75 Å². The van der Waals surface area contributed by atoms with Gasteiger partial charge in [0.25, 0.3) is 0 Å². The number of sulfone groups is 1. The quantitative estimate of drug-likeness (QED) is 0.720. The molecule has 0 bridgehead atoms. The SMILES string of the molecule is CCS(=O)(=O)CCSCc1ccccc1. The highest BCUT2D eigenvalue weighted by atomic mass is 32.2. The Kier molecular flexibility index (Phi) is 5.19. The molecule has 2 nitrogen and oxygen atoms in total. The number of rotatable bonds is 6. The summed E-state index contributed by atoms with van der Waals surface area (Å²) >= 11 is 1.67. The van der Waals surface area contributed by atoms with Crippen LogP contribution in [0, 0.1) is 0 Å². The van der Waals surface area contributed by atoms with E-state index in [0.717, 1.165) is 5.75 Å². The summed E-state index contributed by atoms with van der Waals surface area (Å²) in [6.07, 6.45) is 0. The van der Waals surface area contributed by atoms with E-state index in [0.29, 0.717) is 11.5 Å². The Morgan fingerprint density at radius 3 is 2.47 bits per heavy atom. The van der Waals surface area contributed by atoms with Gasteiger partial charge in [-0.2, -0.15) is 11.8 Å². The summed E-state index contributed by atoms with van der Waals surface area (Å²) in [5.41, 5.74) is 1.25. The van der Waals surface area contributed by atoms with E-state index < -0.39 is 9.84 Å². The standard InChI is InChI=1S/C11H16O2S2/c1-2-15(12,13)9-8-14-10-11-6-4-3-5-7-11/h3-7H,2,8-10H2,1H3. The summed E-state index contributed by atoms with van der Waals surface area (Å²) in [4.78, 5) is 0. The van der Waals surface area contributed by atoms with Gasteiger partial charge in [0, 0.05) is 17.3 Å². The maximum atomic E-state index is 11.2. The highest BCUT2D eigenvalue weighted by Gasteiger charge is 2.06. The largest absolute Gasteiger partial charge is 0.229 e. The van der Waals surface area contributed by atoms with Crippen LogP contribution in [0.5, 0.6) is 0 Å². The molecule has 0 N–H and O–H groups in total. The van der Waals surface area contributed by atoms with Gasteiger partial charge in [-0.1, -0.05) is 37.3 Å². The van der Waals surface area contributed by atoms with E-state index in [1.165, 1.54) is 5.56 Å². The summed E-state index contributed by atoms with van der Waals surface area (Å²) in [7, 11) is -2.79. The van der Waals surface area contributed by atoms with Crippen molar-refractivity contribution >= 4 is 21.6 Å². The van der Waals surface area contributed by atoms with Gasteiger partial charge in [0.15, 0.2) is 9.84 Å². The molecule has 4 heteroatoms. The maximum Gasteiger partial charge on any atom is 0.150 e. The first-order valence-corrected chi connectivity index (χ1v) is 7.94. The third-order valence-electron chi connectivity index (χ3n) is 2.09. The molecule has 0 aromatic heterocycles. The highest BCUT2D eigenvalue weighted by Crippen LogP contribution is 2.11. The molecule has 15 heavy (non-hydrogen) atoms. The smallest absolute Gasteiger partial charge is 0.150 e. The van der Waals surface area contributed by atoms with E-state index in [1.54, 1.807) is 18.7 Å². The molecule has 0 aliphatic rings. The lowest BCUT2D eigenvalue weighted by Crippen LogP contribution is -2.10. The maximum absolute atomic E-state index is 11.2. The third-order valence-corrected chi connectivity index (χ3v) is 5.08. The van der Waals surface area contributed by atoms with Gasteiger partial charge in [-0.15, -0.1) is 0 Å². The highest BCUT2D eigenvalue weighted by molar-refractivity contribution is 8.00. The van der Waals surface area contributed by atoms with Crippen molar-refractivity contribution in [2.24, 2.45) is 0 Å². The average molecular weight is 244 g/mol. The summed E-state index contributed by atoms with van der Waals surface area (Å²) < 4.78 is 22.4. The molecule has 0 radical (unpaired) electrons. The molecule has 0 saturated carbocycles. The molecule has 1 rings (SSSR count). The molecule has 0 fully saturated rings. The van der Waals surface area contributed by atoms with E-state index in [9.17, 15) is 8.42 Å². The second-order valence-corrected chi connectivity index (χ2v) is 6.85. The lowest BCUT2D eigenvalue weighted by atomic mass is 10.2. The molecule has 0 saturated heterocycles. The zero-order chi connectivity index (χ0) is 11.1. The number of benzene rings is 1. The Labute approximate surface area is 96.0 Å². The Balaban J connectivity index is 2.24. The van der Waals surface area contributed by atoms with Crippen molar-refractivity contribution < 1.29 is 8.42 Å². The molecule has 84 valence electrons. The number of hydrogen-bond donors (Lipinski definition) is 0. The summed E-state index contributed by atoms with van der Waals surface area (Å²) in [6, 6.07) is 10.1. The molecule has 0 amide bonds. The monoisotopic (exact) mass is 244 g/mol. The van der Waals surface area contributed by atoms with Crippen molar-refractivity contribution in [2.75, 3.05) is 17.3 Å². The fraction of sp³-hybridized carbons (Fsp3) is 0.455. The molecule has 1 aromatic carbocycles. The first kappa shape index (κ1) is 12.6.